The highest BCUT2D eigenvalue weighted by atomic mass is 79.9. The van der Waals surface area contributed by atoms with Crippen LogP contribution in [0.15, 0.2) is 19.9 Å². The van der Waals surface area contributed by atoms with Crippen LogP contribution in [0.1, 0.15) is 0 Å². The zero-order valence-corrected chi connectivity index (χ0v) is 9.10. The summed E-state index contributed by atoms with van der Waals surface area (Å²) in [6.45, 7) is 0. The first-order chi connectivity index (χ1) is 5.04. The molecule has 0 heterocycles. The second-order valence-electron chi connectivity index (χ2n) is 1.82. The number of thiol groups is 1. The molecule has 0 unspecified atom stereocenters. The monoisotopic (exact) mass is 302 g/mol. The van der Waals surface area contributed by atoms with E-state index in [4.69, 9.17) is 0 Å². The summed E-state index contributed by atoms with van der Waals surface area (Å²) in [5, 5.41) is 0. The molecule has 0 aliphatic rings. The second kappa shape index (κ2) is 3.41. The molecule has 5 heteroatoms. The molecule has 60 valence electrons. The lowest BCUT2D eigenvalue weighted by Gasteiger charge is -2.01. The zero-order valence-electron chi connectivity index (χ0n) is 5.04. The van der Waals surface area contributed by atoms with Gasteiger partial charge in [-0.1, -0.05) is 0 Å². The predicted octanol–water partition coefficient (Wildman–Crippen LogP) is 3.78. The molecule has 0 saturated heterocycles. The third kappa shape index (κ3) is 1.76. The Hall–Kier alpha value is 0.390. The van der Waals surface area contributed by atoms with E-state index in [1.807, 2.05) is 0 Å². The Labute approximate surface area is 84.7 Å². The average Bonchev–Trinajstić information content (AvgIpc) is 1.97. The van der Waals surface area contributed by atoms with Crippen LogP contribution in [0.4, 0.5) is 8.78 Å². The lowest BCUT2D eigenvalue weighted by Crippen LogP contribution is -1.87. The average molecular weight is 304 g/mol. The summed E-state index contributed by atoms with van der Waals surface area (Å²) in [5.74, 6) is -1.85. The van der Waals surface area contributed by atoms with Gasteiger partial charge in [-0.2, -0.15) is 0 Å². The molecule has 0 radical (unpaired) electrons. The van der Waals surface area contributed by atoms with E-state index < -0.39 is 11.6 Å². The Morgan fingerprint density at radius 2 is 1.82 bits per heavy atom. The van der Waals surface area contributed by atoms with Crippen molar-refractivity contribution >= 4 is 44.5 Å². The fourth-order valence-corrected chi connectivity index (χ4v) is 1.63. The van der Waals surface area contributed by atoms with E-state index in [1.165, 1.54) is 0 Å². The summed E-state index contributed by atoms with van der Waals surface area (Å²) in [6.07, 6.45) is 0. The highest BCUT2D eigenvalue weighted by Gasteiger charge is 2.12. The zero-order chi connectivity index (χ0) is 8.59. The van der Waals surface area contributed by atoms with Gasteiger partial charge in [0.05, 0.1) is 4.90 Å². The van der Waals surface area contributed by atoms with Crippen LogP contribution in [-0.2, 0) is 0 Å². The second-order valence-corrected chi connectivity index (χ2v) is 3.91. The number of hydrogen-bond acceptors (Lipinski definition) is 1. The third-order valence-electron chi connectivity index (χ3n) is 1.09. The lowest BCUT2D eigenvalue weighted by atomic mass is 10.3. The van der Waals surface area contributed by atoms with Crippen LogP contribution in [-0.4, -0.2) is 0 Å². The molecular weight excluding hydrogens is 302 g/mol. The van der Waals surface area contributed by atoms with Crippen LogP contribution in [0, 0.1) is 11.6 Å². The van der Waals surface area contributed by atoms with Crippen LogP contribution in [0.2, 0.25) is 0 Å². The largest absolute Gasteiger partial charge is 0.204 e. The molecule has 1 aromatic carbocycles. The fourth-order valence-electron chi connectivity index (χ4n) is 0.561. The number of rotatable bonds is 0. The van der Waals surface area contributed by atoms with E-state index in [-0.39, 0.29) is 4.90 Å². The molecule has 0 aliphatic carbocycles. The quantitative estimate of drug-likeness (QED) is 0.547. The standard InChI is InChI=1S/C6H2Br2F2S/c7-2-1-3(9)5(10)6(11)4(2)8/h1,11H. The van der Waals surface area contributed by atoms with E-state index in [0.29, 0.717) is 8.95 Å². The molecule has 1 rings (SSSR count). The molecule has 0 bridgehead atoms. The van der Waals surface area contributed by atoms with E-state index >= 15 is 0 Å². The SMILES string of the molecule is Fc1cc(Br)c(Br)c(S)c1F. The van der Waals surface area contributed by atoms with Gasteiger partial charge in [0.1, 0.15) is 0 Å². The van der Waals surface area contributed by atoms with Gasteiger partial charge in [0.25, 0.3) is 0 Å². The van der Waals surface area contributed by atoms with Crippen molar-refractivity contribution in [3.8, 4) is 0 Å². The van der Waals surface area contributed by atoms with E-state index in [9.17, 15) is 8.78 Å². The minimum absolute atomic E-state index is 0.0307. The van der Waals surface area contributed by atoms with Crippen LogP contribution >= 0.6 is 44.5 Å². The summed E-state index contributed by atoms with van der Waals surface area (Å²) < 4.78 is 26.1. The molecular formula is C6H2Br2F2S. The molecule has 0 atom stereocenters. The Morgan fingerprint density at radius 3 is 2.36 bits per heavy atom. The van der Waals surface area contributed by atoms with Gasteiger partial charge in [0.2, 0.25) is 0 Å². The highest BCUT2D eigenvalue weighted by Crippen LogP contribution is 2.32. The Balaban J connectivity index is 3.46. The van der Waals surface area contributed by atoms with Gasteiger partial charge in [-0.15, -0.1) is 12.6 Å². The normalized spacial score (nSPS) is 10.3. The summed E-state index contributed by atoms with van der Waals surface area (Å²) in [6, 6.07) is 1.04. The lowest BCUT2D eigenvalue weighted by molar-refractivity contribution is 0.489. The first kappa shape index (κ1) is 9.48. The van der Waals surface area contributed by atoms with Gasteiger partial charge in [-0.3, -0.25) is 0 Å². The van der Waals surface area contributed by atoms with E-state index in [1.54, 1.807) is 0 Å². The number of benzene rings is 1. The summed E-state index contributed by atoms with van der Waals surface area (Å²) in [7, 11) is 0. The molecule has 0 spiro atoms. The first-order valence-corrected chi connectivity index (χ1v) is 4.59. The van der Waals surface area contributed by atoms with Crippen molar-refractivity contribution in [2.75, 3.05) is 0 Å². The first-order valence-electron chi connectivity index (χ1n) is 2.56. The Morgan fingerprint density at radius 1 is 1.27 bits per heavy atom. The van der Waals surface area contributed by atoms with Crippen LogP contribution in [0.25, 0.3) is 0 Å². The molecule has 0 aromatic heterocycles. The molecule has 1 aromatic rings. The van der Waals surface area contributed by atoms with Gasteiger partial charge in [-0.25, -0.2) is 8.78 Å². The summed E-state index contributed by atoms with van der Waals surface area (Å²) >= 11 is 9.82. The molecule has 0 amide bonds. The van der Waals surface area contributed by atoms with Crippen molar-refractivity contribution in [1.29, 1.82) is 0 Å². The third-order valence-corrected chi connectivity index (χ3v) is 3.80. The van der Waals surface area contributed by atoms with Crippen LogP contribution < -0.4 is 0 Å². The van der Waals surface area contributed by atoms with E-state index in [2.05, 4.69) is 44.5 Å². The molecule has 0 aliphatic heterocycles. The topological polar surface area (TPSA) is 0 Å². The maximum absolute atomic E-state index is 12.7. The molecule has 0 N–H and O–H groups in total. The predicted molar refractivity (Wildman–Crippen MR) is 49.0 cm³/mol. The van der Waals surface area contributed by atoms with Crippen molar-refractivity contribution in [1.82, 2.24) is 0 Å². The van der Waals surface area contributed by atoms with Crippen molar-refractivity contribution in [2.45, 2.75) is 4.90 Å². The molecule has 0 saturated carbocycles. The van der Waals surface area contributed by atoms with Gasteiger partial charge >= 0.3 is 0 Å². The maximum atomic E-state index is 12.7. The van der Waals surface area contributed by atoms with Crippen molar-refractivity contribution in [3.05, 3.63) is 26.6 Å². The summed E-state index contributed by atoms with van der Waals surface area (Å²) in [5.41, 5.74) is 0. The summed E-state index contributed by atoms with van der Waals surface area (Å²) in [4.78, 5) is -0.0307. The maximum Gasteiger partial charge on any atom is 0.173 e. The number of halogens is 4. The van der Waals surface area contributed by atoms with Gasteiger partial charge in [0, 0.05) is 8.95 Å². The van der Waals surface area contributed by atoms with Crippen molar-refractivity contribution in [2.24, 2.45) is 0 Å². The highest BCUT2D eigenvalue weighted by molar-refractivity contribution is 9.13. The minimum Gasteiger partial charge on any atom is -0.204 e. The van der Waals surface area contributed by atoms with Crippen LogP contribution in [0.3, 0.4) is 0 Å². The van der Waals surface area contributed by atoms with E-state index in [0.717, 1.165) is 6.07 Å². The van der Waals surface area contributed by atoms with Gasteiger partial charge < -0.3 is 0 Å². The Kier molecular flexibility index (Phi) is 2.94. The fraction of sp³-hybridized carbons (Fsp3) is 0. The van der Waals surface area contributed by atoms with Gasteiger partial charge in [0.15, 0.2) is 11.6 Å². The van der Waals surface area contributed by atoms with Crippen LogP contribution in [0.5, 0.6) is 0 Å². The number of hydrogen-bond donors (Lipinski definition) is 1. The molecule has 0 fully saturated rings. The van der Waals surface area contributed by atoms with Crippen molar-refractivity contribution < 1.29 is 8.78 Å². The Bertz CT molecular complexity index is 275. The molecule has 11 heavy (non-hydrogen) atoms. The molecule has 0 nitrogen and oxygen atoms in total. The van der Waals surface area contributed by atoms with Gasteiger partial charge in [-0.05, 0) is 37.9 Å². The minimum atomic E-state index is -0.941. The van der Waals surface area contributed by atoms with Crippen molar-refractivity contribution in [3.63, 3.8) is 0 Å². The smallest absolute Gasteiger partial charge is 0.173 e.